The van der Waals surface area contributed by atoms with Crippen LogP contribution in [0.3, 0.4) is 0 Å². The van der Waals surface area contributed by atoms with E-state index in [9.17, 15) is 0 Å². The summed E-state index contributed by atoms with van der Waals surface area (Å²) < 4.78 is 0. The molecule has 0 fully saturated rings. The highest BCUT2D eigenvalue weighted by Crippen LogP contribution is 2.69. The van der Waals surface area contributed by atoms with Crippen LogP contribution in [0.4, 0.5) is 0 Å². The lowest BCUT2D eigenvalue weighted by Crippen LogP contribution is -2.55. The largest absolute Gasteiger partial charge is 0.288 e. The minimum atomic E-state index is -0.400. The average Bonchev–Trinajstić information content (AvgIpc) is 0.683. The minimum absolute atomic E-state index is 0.0899. The van der Waals surface area contributed by atoms with Crippen molar-refractivity contribution in [1.82, 2.24) is 0 Å². The van der Waals surface area contributed by atoms with Gasteiger partial charge in [0, 0.05) is 79.8 Å². The molecule has 4 aliphatic rings. The maximum absolute atomic E-state index is 15.2. The predicted octanol–water partition coefficient (Wildman–Crippen LogP) is 23.9. The van der Waals surface area contributed by atoms with Gasteiger partial charge in [0.05, 0.1) is 4.88 Å². The van der Waals surface area contributed by atoms with Crippen molar-refractivity contribution in [3.8, 4) is 58.5 Å². The van der Waals surface area contributed by atoms with Crippen LogP contribution in [0, 0.1) is 21.7 Å². The van der Waals surface area contributed by atoms with E-state index >= 15 is 4.79 Å². The van der Waals surface area contributed by atoms with E-state index in [0.717, 1.165) is 28.2 Å². The van der Waals surface area contributed by atoms with Crippen molar-refractivity contribution in [2.75, 3.05) is 0 Å². The molecule has 4 aliphatic carbocycles. The number of carbonyl (C=O) groups is 1. The molecule has 0 N–H and O–H groups in total. The molecule has 9 aromatic rings. The van der Waals surface area contributed by atoms with Gasteiger partial charge in [0.25, 0.3) is 0 Å². The number of thiophene rings is 8. The van der Waals surface area contributed by atoms with Crippen molar-refractivity contribution in [2.24, 2.45) is 21.7 Å². The topological polar surface area (TPSA) is 17.1 Å². The summed E-state index contributed by atoms with van der Waals surface area (Å²) in [4.78, 5) is 33.3. The third-order valence-electron chi connectivity index (χ3n) is 18.2. The van der Waals surface area contributed by atoms with E-state index in [0.29, 0.717) is 0 Å². The number of carbonyl (C=O) groups excluding carboxylic acids is 1. The Morgan fingerprint density at radius 3 is 1.45 bits per heavy atom. The number of fused-ring (bicyclic) bond motifs is 1. The first-order chi connectivity index (χ1) is 40.5. The standard InChI is InChI=1S/C75H74OS8/c1-11-13-15-17-21-50-51(22-18-16-14-12-2)71(84-70(50)67-35-32-61(82-67)59-24-20-38-78-59)68-36-33-65(83-68)64-31-34-66(81-64)69(76)45-25-26-49-52(39-45)55-42-46(72(3,4)5)40-48-41-53(56-44-47(73(6,7)8)43-54(49)75(56,10)74(48,55)9)57-27-28-62(79-57)63-30-29-60(80-63)58-23-19-37-77-58/h19-20,23-44H,11-18,21-22H2,1-10H3/t74-,75+/m0/s1. The lowest BCUT2D eigenvalue weighted by molar-refractivity contribution is 0.104. The third kappa shape index (κ3) is 10.3. The molecule has 0 saturated carbocycles. The molecule has 0 spiro atoms. The zero-order valence-electron chi connectivity index (χ0n) is 50.1. The van der Waals surface area contributed by atoms with E-state index in [4.69, 9.17) is 0 Å². The van der Waals surface area contributed by atoms with Gasteiger partial charge in [0.1, 0.15) is 0 Å². The molecule has 84 heavy (non-hydrogen) atoms. The fourth-order valence-corrected chi connectivity index (χ4v) is 21.8. The smallest absolute Gasteiger partial charge is 0.202 e. The Labute approximate surface area is 530 Å². The van der Waals surface area contributed by atoms with Crippen LogP contribution in [-0.2, 0) is 12.8 Å². The van der Waals surface area contributed by atoms with Crippen molar-refractivity contribution in [3.05, 3.63) is 203 Å². The molecule has 1 nitrogen and oxygen atoms in total. The molecule has 0 amide bonds. The monoisotopic (exact) mass is 1250 g/mol. The van der Waals surface area contributed by atoms with Crippen LogP contribution in [0.15, 0.2) is 167 Å². The lowest BCUT2D eigenvalue weighted by atomic mass is 9.44. The Balaban J connectivity index is 0.876. The first-order valence-corrected chi connectivity index (χ1v) is 36.9. The number of benzene rings is 1. The van der Waals surface area contributed by atoms with Gasteiger partial charge in [-0.2, -0.15) is 0 Å². The number of rotatable bonds is 19. The van der Waals surface area contributed by atoms with E-state index in [1.165, 1.54) is 159 Å². The summed E-state index contributed by atoms with van der Waals surface area (Å²) in [5.41, 5.74) is 12.3. The summed E-state index contributed by atoms with van der Waals surface area (Å²) in [5.74, 6) is 0.0899. The van der Waals surface area contributed by atoms with Gasteiger partial charge in [-0.15, -0.1) is 90.7 Å². The van der Waals surface area contributed by atoms with Crippen molar-refractivity contribution < 1.29 is 4.79 Å². The van der Waals surface area contributed by atoms with Gasteiger partial charge >= 0.3 is 0 Å². The van der Waals surface area contributed by atoms with Crippen molar-refractivity contribution >= 4 is 113 Å². The van der Waals surface area contributed by atoms with Gasteiger partial charge in [-0.25, -0.2) is 0 Å². The fourth-order valence-electron chi connectivity index (χ4n) is 13.2. The van der Waals surface area contributed by atoms with Crippen LogP contribution >= 0.6 is 90.7 Å². The normalized spacial score (nSPS) is 18.3. The second kappa shape index (κ2) is 22.9. The summed E-state index contributed by atoms with van der Waals surface area (Å²) >= 11 is 15.0. The summed E-state index contributed by atoms with van der Waals surface area (Å²) in [6, 6.07) is 38.5. The Morgan fingerprint density at radius 2 is 0.917 bits per heavy atom. The van der Waals surface area contributed by atoms with Crippen molar-refractivity contribution in [1.29, 1.82) is 0 Å². The average molecular weight is 1250 g/mol. The molecule has 8 heterocycles. The van der Waals surface area contributed by atoms with Gasteiger partial charge in [-0.05, 0) is 193 Å². The molecule has 1 aromatic carbocycles. The van der Waals surface area contributed by atoms with Crippen LogP contribution in [0.5, 0.6) is 0 Å². The Kier molecular flexibility index (Phi) is 15.8. The number of unbranched alkanes of at least 4 members (excludes halogenated alkanes) is 6. The van der Waals surface area contributed by atoms with E-state index < -0.39 is 5.41 Å². The third-order valence-corrected chi connectivity index (χ3v) is 27.9. The maximum atomic E-state index is 15.2. The summed E-state index contributed by atoms with van der Waals surface area (Å²) in [7, 11) is 0. The van der Waals surface area contributed by atoms with Gasteiger partial charge in [-0.1, -0.05) is 156 Å². The summed E-state index contributed by atoms with van der Waals surface area (Å²) in [6.07, 6.45) is 25.0. The molecule has 0 bridgehead atoms. The van der Waals surface area contributed by atoms with E-state index in [1.807, 2.05) is 68.0 Å². The summed E-state index contributed by atoms with van der Waals surface area (Å²) in [5, 5.41) is 6.77. The molecule has 0 saturated heterocycles. The number of allylic oxidation sites excluding steroid dienone is 10. The molecule has 13 rings (SSSR count). The highest BCUT2D eigenvalue weighted by Gasteiger charge is 2.59. The second-order valence-corrected chi connectivity index (χ2v) is 34.0. The van der Waals surface area contributed by atoms with E-state index in [1.54, 1.807) is 33.8 Å². The molecule has 8 aromatic heterocycles. The first kappa shape index (κ1) is 58.0. The highest BCUT2D eigenvalue weighted by atomic mass is 32.1. The van der Waals surface area contributed by atoms with Gasteiger partial charge in [-0.3, -0.25) is 4.79 Å². The minimum Gasteiger partial charge on any atom is -0.288 e. The number of hydrogen-bond acceptors (Lipinski definition) is 9. The molecule has 0 aliphatic heterocycles. The van der Waals surface area contributed by atoms with Crippen molar-refractivity contribution in [2.45, 2.75) is 133 Å². The molecule has 9 heteroatoms. The van der Waals surface area contributed by atoms with Crippen LogP contribution in [-0.4, -0.2) is 5.78 Å². The van der Waals surface area contributed by atoms with Gasteiger partial charge in [0.2, 0.25) is 5.78 Å². The maximum Gasteiger partial charge on any atom is 0.202 e. The molecular formula is C75H74OS8. The Bertz CT molecular complexity index is 4280. The van der Waals surface area contributed by atoms with Gasteiger partial charge < -0.3 is 0 Å². The van der Waals surface area contributed by atoms with E-state index in [-0.39, 0.29) is 22.0 Å². The quantitative estimate of drug-likeness (QED) is 0.0582. The van der Waals surface area contributed by atoms with Crippen molar-refractivity contribution in [3.63, 3.8) is 0 Å². The number of hydrogen-bond donors (Lipinski definition) is 0. The molecule has 0 unspecified atom stereocenters. The van der Waals surface area contributed by atoms with E-state index in [2.05, 4.69) is 214 Å². The Morgan fingerprint density at radius 1 is 0.440 bits per heavy atom. The Hall–Kier alpha value is -5.07. The van der Waals surface area contributed by atoms with Crippen LogP contribution in [0.2, 0.25) is 0 Å². The molecule has 0 radical (unpaired) electrons. The first-order valence-electron chi connectivity index (χ1n) is 30.2. The van der Waals surface area contributed by atoms with Crippen LogP contribution in [0.1, 0.15) is 152 Å². The summed E-state index contributed by atoms with van der Waals surface area (Å²) in [6.45, 7) is 23.7. The molecule has 428 valence electrons. The lowest BCUT2D eigenvalue weighted by Gasteiger charge is -2.58. The fraction of sp³-hybridized carbons (Fsp3) is 0.320. The van der Waals surface area contributed by atoms with Gasteiger partial charge in [0.15, 0.2) is 0 Å². The number of ketones is 1. The molecular weight excluding hydrogens is 1170 g/mol. The SMILES string of the molecule is CCCCCCc1c(-c2ccc(-c3cccs3)s2)sc(-c2ccc(-c3ccc(C(=O)c4ccc5c(c4)=C4C=C(C(C)(C)C)C=C6C=C(c7ccc(-c8ccc(-c9cccs9)s8)s7)C7=CC(C(C)(C)C)=CC=5[C@@]7(C)[C@@]64C)s3)s2)c1CCCCCC. The zero-order chi connectivity index (χ0) is 58.3. The second-order valence-electron chi connectivity index (χ2n) is 25.7. The van der Waals surface area contributed by atoms with Crippen LogP contribution < -0.4 is 10.4 Å². The highest BCUT2D eigenvalue weighted by molar-refractivity contribution is 7.30. The van der Waals surface area contributed by atoms with Crippen LogP contribution in [0.25, 0.3) is 75.2 Å². The predicted molar refractivity (Wildman–Crippen MR) is 376 cm³/mol. The zero-order valence-corrected chi connectivity index (χ0v) is 56.6. The molecule has 2 atom stereocenters.